The van der Waals surface area contributed by atoms with Crippen LogP contribution < -0.4 is 5.73 Å². The van der Waals surface area contributed by atoms with Gasteiger partial charge in [-0.2, -0.15) is 0 Å². The molecule has 3 atom stereocenters. The molecule has 0 aromatic heterocycles. The second kappa shape index (κ2) is 6.02. The summed E-state index contributed by atoms with van der Waals surface area (Å²) < 4.78 is 0. The maximum absolute atomic E-state index is 12.4. The van der Waals surface area contributed by atoms with Gasteiger partial charge in [0.25, 0.3) is 0 Å². The van der Waals surface area contributed by atoms with E-state index in [-0.39, 0.29) is 18.0 Å². The van der Waals surface area contributed by atoms with Gasteiger partial charge >= 0.3 is 0 Å². The van der Waals surface area contributed by atoms with Crippen LogP contribution in [0.3, 0.4) is 0 Å². The van der Waals surface area contributed by atoms with Gasteiger partial charge in [0.2, 0.25) is 5.91 Å². The standard InChI is InChI=1S/C14H27N3O/c1-11(14(18)17-9-5-6-10-17)16(2)13-8-4-3-7-12(13)15/h11-13H,3-10,15H2,1-2H3. The molecule has 1 heterocycles. The van der Waals surface area contributed by atoms with E-state index in [4.69, 9.17) is 5.73 Å². The van der Waals surface area contributed by atoms with Gasteiger partial charge in [0, 0.05) is 25.2 Å². The highest BCUT2D eigenvalue weighted by atomic mass is 16.2. The highest BCUT2D eigenvalue weighted by Gasteiger charge is 2.33. The average Bonchev–Trinajstić information content (AvgIpc) is 2.90. The largest absolute Gasteiger partial charge is 0.341 e. The third-order valence-electron chi connectivity index (χ3n) is 4.69. The van der Waals surface area contributed by atoms with Crippen LogP contribution in [0.15, 0.2) is 0 Å². The highest BCUT2D eigenvalue weighted by molar-refractivity contribution is 5.81. The fourth-order valence-electron chi connectivity index (χ4n) is 3.31. The van der Waals surface area contributed by atoms with E-state index in [0.717, 1.165) is 38.8 Å². The Bertz CT molecular complexity index is 289. The summed E-state index contributed by atoms with van der Waals surface area (Å²) in [4.78, 5) is 16.6. The number of likely N-dealkylation sites (N-methyl/N-ethyl adjacent to an activating group) is 1. The van der Waals surface area contributed by atoms with Crippen molar-refractivity contribution >= 4 is 5.91 Å². The van der Waals surface area contributed by atoms with Gasteiger partial charge in [-0.3, -0.25) is 9.69 Å². The van der Waals surface area contributed by atoms with E-state index < -0.39 is 0 Å². The summed E-state index contributed by atoms with van der Waals surface area (Å²) in [5.41, 5.74) is 6.20. The lowest BCUT2D eigenvalue weighted by molar-refractivity contribution is -0.136. The number of rotatable bonds is 3. The molecule has 0 aromatic carbocycles. The van der Waals surface area contributed by atoms with Crippen LogP contribution in [0.5, 0.6) is 0 Å². The maximum Gasteiger partial charge on any atom is 0.239 e. The molecule has 0 radical (unpaired) electrons. The van der Waals surface area contributed by atoms with Crippen molar-refractivity contribution in [2.45, 2.75) is 63.6 Å². The summed E-state index contributed by atoms with van der Waals surface area (Å²) in [7, 11) is 2.06. The maximum atomic E-state index is 12.4. The number of hydrogen-bond donors (Lipinski definition) is 1. The summed E-state index contributed by atoms with van der Waals surface area (Å²) in [6.07, 6.45) is 7.03. The fraction of sp³-hybridized carbons (Fsp3) is 0.929. The molecule has 18 heavy (non-hydrogen) atoms. The van der Waals surface area contributed by atoms with Crippen LogP contribution in [0.2, 0.25) is 0 Å². The van der Waals surface area contributed by atoms with Gasteiger partial charge in [-0.15, -0.1) is 0 Å². The summed E-state index contributed by atoms with van der Waals surface area (Å²) in [5.74, 6) is 0.285. The van der Waals surface area contributed by atoms with E-state index in [9.17, 15) is 4.79 Å². The summed E-state index contributed by atoms with van der Waals surface area (Å²) in [6, 6.07) is 0.579. The first-order chi connectivity index (χ1) is 8.61. The van der Waals surface area contributed by atoms with Gasteiger partial charge in [-0.25, -0.2) is 0 Å². The van der Waals surface area contributed by atoms with E-state index in [1.54, 1.807) is 0 Å². The Hall–Kier alpha value is -0.610. The zero-order valence-corrected chi connectivity index (χ0v) is 11.8. The van der Waals surface area contributed by atoms with Crippen molar-refractivity contribution in [1.82, 2.24) is 9.80 Å². The molecule has 3 unspecified atom stereocenters. The van der Waals surface area contributed by atoms with Crippen molar-refractivity contribution in [1.29, 1.82) is 0 Å². The molecule has 104 valence electrons. The van der Waals surface area contributed by atoms with Gasteiger partial charge in [-0.05, 0) is 39.7 Å². The van der Waals surface area contributed by atoms with E-state index in [2.05, 4.69) is 11.9 Å². The third kappa shape index (κ3) is 2.86. The molecule has 1 aliphatic heterocycles. The monoisotopic (exact) mass is 253 g/mol. The topological polar surface area (TPSA) is 49.6 Å². The predicted molar refractivity (Wildman–Crippen MR) is 73.3 cm³/mol. The second-order valence-corrected chi connectivity index (χ2v) is 5.89. The molecule has 1 amide bonds. The Morgan fingerprint density at radius 3 is 2.44 bits per heavy atom. The predicted octanol–water partition coefficient (Wildman–Crippen LogP) is 1.20. The number of likely N-dealkylation sites (tertiary alicyclic amines) is 1. The van der Waals surface area contributed by atoms with Crippen LogP contribution in [-0.4, -0.2) is 54.0 Å². The van der Waals surface area contributed by atoms with Crippen LogP contribution in [0, 0.1) is 0 Å². The van der Waals surface area contributed by atoms with Gasteiger partial charge in [0.15, 0.2) is 0 Å². The molecule has 2 fully saturated rings. The molecule has 0 spiro atoms. The molecule has 2 N–H and O–H groups in total. The van der Waals surface area contributed by atoms with Crippen molar-refractivity contribution in [2.24, 2.45) is 5.73 Å². The first kappa shape index (κ1) is 13.8. The van der Waals surface area contributed by atoms with E-state index in [1.807, 2.05) is 11.8 Å². The average molecular weight is 253 g/mol. The Morgan fingerprint density at radius 2 is 1.83 bits per heavy atom. The number of hydrogen-bond acceptors (Lipinski definition) is 3. The SMILES string of the molecule is CC(C(=O)N1CCCC1)N(C)C1CCCCC1N. The molecule has 4 nitrogen and oxygen atoms in total. The third-order valence-corrected chi connectivity index (χ3v) is 4.69. The van der Waals surface area contributed by atoms with E-state index >= 15 is 0 Å². The number of nitrogens with two attached hydrogens (primary N) is 1. The molecule has 0 aromatic rings. The lowest BCUT2D eigenvalue weighted by atomic mass is 9.89. The molecule has 2 aliphatic rings. The number of carbonyl (C=O) groups excluding carboxylic acids is 1. The molecular formula is C14H27N3O. The van der Waals surface area contributed by atoms with Crippen molar-refractivity contribution in [3.8, 4) is 0 Å². The fourth-order valence-corrected chi connectivity index (χ4v) is 3.31. The van der Waals surface area contributed by atoms with Crippen LogP contribution in [0.4, 0.5) is 0 Å². The zero-order valence-electron chi connectivity index (χ0n) is 11.8. The highest BCUT2D eigenvalue weighted by Crippen LogP contribution is 2.23. The second-order valence-electron chi connectivity index (χ2n) is 5.89. The van der Waals surface area contributed by atoms with Crippen LogP contribution in [-0.2, 0) is 4.79 Å². The minimum absolute atomic E-state index is 0.0303. The van der Waals surface area contributed by atoms with Crippen LogP contribution >= 0.6 is 0 Å². The summed E-state index contributed by atoms with van der Waals surface area (Å²) in [6.45, 7) is 3.91. The van der Waals surface area contributed by atoms with Crippen LogP contribution in [0.1, 0.15) is 45.4 Å². The molecule has 4 heteroatoms. The summed E-state index contributed by atoms with van der Waals surface area (Å²) in [5, 5.41) is 0. The van der Waals surface area contributed by atoms with Gasteiger partial charge in [0.1, 0.15) is 0 Å². The minimum Gasteiger partial charge on any atom is -0.341 e. The normalized spacial score (nSPS) is 30.8. The van der Waals surface area contributed by atoms with Crippen molar-refractivity contribution in [3.05, 3.63) is 0 Å². The Labute approximate surface area is 110 Å². The molecule has 1 aliphatic carbocycles. The Balaban J connectivity index is 1.94. The quantitative estimate of drug-likeness (QED) is 0.822. The molecule has 1 saturated heterocycles. The zero-order chi connectivity index (χ0) is 13.1. The molecule has 1 saturated carbocycles. The van der Waals surface area contributed by atoms with Gasteiger partial charge in [0.05, 0.1) is 6.04 Å². The summed E-state index contributed by atoms with van der Waals surface area (Å²) >= 11 is 0. The molecule has 2 rings (SSSR count). The number of amides is 1. The number of carbonyl (C=O) groups is 1. The van der Waals surface area contributed by atoms with E-state index in [1.165, 1.54) is 12.8 Å². The van der Waals surface area contributed by atoms with Gasteiger partial charge < -0.3 is 10.6 Å². The minimum atomic E-state index is -0.0303. The molecule has 0 bridgehead atoms. The lowest BCUT2D eigenvalue weighted by Crippen LogP contribution is -2.55. The Morgan fingerprint density at radius 1 is 1.22 bits per heavy atom. The Kier molecular flexibility index (Phi) is 4.62. The first-order valence-electron chi connectivity index (χ1n) is 7.37. The van der Waals surface area contributed by atoms with Crippen molar-refractivity contribution in [3.63, 3.8) is 0 Å². The smallest absolute Gasteiger partial charge is 0.239 e. The molecular weight excluding hydrogens is 226 g/mol. The van der Waals surface area contributed by atoms with Crippen molar-refractivity contribution in [2.75, 3.05) is 20.1 Å². The van der Waals surface area contributed by atoms with Crippen LogP contribution in [0.25, 0.3) is 0 Å². The lowest BCUT2D eigenvalue weighted by Gasteiger charge is -2.39. The van der Waals surface area contributed by atoms with Crippen molar-refractivity contribution < 1.29 is 4.79 Å². The van der Waals surface area contributed by atoms with Gasteiger partial charge in [-0.1, -0.05) is 12.8 Å². The first-order valence-corrected chi connectivity index (χ1v) is 7.37. The number of nitrogens with zero attached hydrogens (tertiary/aromatic N) is 2. The van der Waals surface area contributed by atoms with E-state index in [0.29, 0.717) is 6.04 Å².